The van der Waals surface area contributed by atoms with Gasteiger partial charge in [-0.2, -0.15) is 0 Å². The molecule has 1 unspecified atom stereocenters. The average Bonchev–Trinajstić information content (AvgIpc) is 2.48. The third-order valence-electron chi connectivity index (χ3n) is 2.89. The molecule has 21 heavy (non-hydrogen) atoms. The van der Waals surface area contributed by atoms with E-state index in [2.05, 4.69) is 15.6 Å². The number of hydrogen-bond acceptors (Lipinski definition) is 4. The minimum Gasteiger partial charge on any atom is -0.331 e. The first kappa shape index (κ1) is 14.4. The Kier molecular flexibility index (Phi) is 4.45. The van der Waals surface area contributed by atoms with Crippen LogP contribution in [0.15, 0.2) is 48.8 Å². The van der Waals surface area contributed by atoms with Crippen LogP contribution in [0.1, 0.15) is 18.5 Å². The van der Waals surface area contributed by atoms with Crippen molar-refractivity contribution in [1.29, 1.82) is 0 Å². The lowest BCUT2D eigenvalue weighted by Crippen LogP contribution is -2.31. The molecule has 0 radical (unpaired) electrons. The quantitative estimate of drug-likeness (QED) is 0.667. The van der Waals surface area contributed by atoms with E-state index < -0.39 is 4.92 Å². The van der Waals surface area contributed by atoms with Gasteiger partial charge in [0.2, 0.25) is 0 Å². The highest BCUT2D eigenvalue weighted by Gasteiger charge is 2.10. The molecule has 7 nitrogen and oxygen atoms in total. The van der Waals surface area contributed by atoms with Crippen molar-refractivity contribution in [2.75, 3.05) is 5.32 Å². The standard InChI is InChI=1S/C14H14N4O3/c1-10(11-6-8-15-9-7-11)16-14(19)17-12-2-4-13(5-3-12)18(20)21/h2-10H,1H3,(H2,16,17,19). The summed E-state index contributed by atoms with van der Waals surface area (Å²) < 4.78 is 0. The number of carbonyl (C=O) groups is 1. The molecule has 0 saturated heterocycles. The van der Waals surface area contributed by atoms with E-state index in [1.165, 1.54) is 24.3 Å². The summed E-state index contributed by atoms with van der Waals surface area (Å²) in [4.78, 5) is 25.8. The van der Waals surface area contributed by atoms with E-state index in [1.54, 1.807) is 12.4 Å². The molecule has 108 valence electrons. The van der Waals surface area contributed by atoms with E-state index in [9.17, 15) is 14.9 Å². The summed E-state index contributed by atoms with van der Waals surface area (Å²) in [6.45, 7) is 1.85. The second kappa shape index (κ2) is 6.47. The number of aromatic nitrogens is 1. The maximum atomic E-state index is 11.8. The summed E-state index contributed by atoms with van der Waals surface area (Å²) in [7, 11) is 0. The van der Waals surface area contributed by atoms with Crippen molar-refractivity contribution in [3.8, 4) is 0 Å². The predicted molar refractivity (Wildman–Crippen MR) is 77.9 cm³/mol. The first-order chi connectivity index (χ1) is 10.1. The Hall–Kier alpha value is -2.96. The highest BCUT2D eigenvalue weighted by molar-refractivity contribution is 5.89. The Morgan fingerprint density at radius 1 is 1.19 bits per heavy atom. The number of nitro groups is 1. The van der Waals surface area contributed by atoms with Crippen molar-refractivity contribution >= 4 is 17.4 Å². The Morgan fingerprint density at radius 2 is 1.81 bits per heavy atom. The van der Waals surface area contributed by atoms with E-state index in [-0.39, 0.29) is 17.8 Å². The minimum absolute atomic E-state index is 0.0221. The van der Waals surface area contributed by atoms with Crippen molar-refractivity contribution in [1.82, 2.24) is 10.3 Å². The largest absolute Gasteiger partial charge is 0.331 e. The van der Waals surface area contributed by atoms with Crippen LogP contribution in [0.5, 0.6) is 0 Å². The lowest BCUT2D eigenvalue weighted by Gasteiger charge is -2.14. The van der Waals surface area contributed by atoms with Gasteiger partial charge in [0.25, 0.3) is 5.69 Å². The molecule has 2 N–H and O–H groups in total. The van der Waals surface area contributed by atoms with Crippen molar-refractivity contribution in [3.63, 3.8) is 0 Å². The van der Waals surface area contributed by atoms with Crippen molar-refractivity contribution in [3.05, 3.63) is 64.5 Å². The molecule has 1 aromatic carbocycles. The van der Waals surface area contributed by atoms with Gasteiger partial charge in [-0.1, -0.05) is 0 Å². The highest BCUT2D eigenvalue weighted by Crippen LogP contribution is 2.16. The second-order valence-electron chi connectivity index (χ2n) is 4.40. The van der Waals surface area contributed by atoms with E-state index >= 15 is 0 Å². The topological polar surface area (TPSA) is 97.2 Å². The van der Waals surface area contributed by atoms with E-state index in [4.69, 9.17) is 0 Å². The first-order valence-corrected chi connectivity index (χ1v) is 6.28. The van der Waals surface area contributed by atoms with Gasteiger partial charge in [-0.15, -0.1) is 0 Å². The van der Waals surface area contributed by atoms with Gasteiger partial charge in [-0.3, -0.25) is 15.1 Å². The van der Waals surface area contributed by atoms with Crippen LogP contribution in [0.2, 0.25) is 0 Å². The maximum Gasteiger partial charge on any atom is 0.319 e. The first-order valence-electron chi connectivity index (χ1n) is 6.28. The zero-order valence-electron chi connectivity index (χ0n) is 11.3. The number of non-ortho nitro benzene ring substituents is 1. The van der Waals surface area contributed by atoms with E-state index in [1.807, 2.05) is 19.1 Å². The zero-order valence-corrected chi connectivity index (χ0v) is 11.3. The van der Waals surface area contributed by atoms with Gasteiger partial charge in [-0.05, 0) is 36.8 Å². The van der Waals surface area contributed by atoms with Crippen LogP contribution in [0.4, 0.5) is 16.2 Å². The normalized spacial score (nSPS) is 11.5. The number of nitrogens with zero attached hydrogens (tertiary/aromatic N) is 2. The molecule has 1 aromatic heterocycles. The fraction of sp³-hybridized carbons (Fsp3) is 0.143. The summed E-state index contributed by atoms with van der Waals surface area (Å²) in [5.41, 5.74) is 1.40. The smallest absolute Gasteiger partial charge is 0.319 e. The van der Waals surface area contributed by atoms with Gasteiger partial charge in [0.05, 0.1) is 11.0 Å². The summed E-state index contributed by atoms with van der Waals surface area (Å²) in [6.07, 6.45) is 3.31. The molecule has 1 heterocycles. The summed E-state index contributed by atoms with van der Waals surface area (Å²) in [6, 6.07) is 8.71. The van der Waals surface area contributed by atoms with Gasteiger partial charge >= 0.3 is 6.03 Å². The zero-order chi connectivity index (χ0) is 15.2. The maximum absolute atomic E-state index is 11.8. The monoisotopic (exact) mass is 286 g/mol. The Bertz CT molecular complexity index is 628. The number of rotatable bonds is 4. The fourth-order valence-corrected chi connectivity index (χ4v) is 1.77. The van der Waals surface area contributed by atoms with Crippen LogP contribution in [-0.2, 0) is 0 Å². The molecule has 0 aliphatic carbocycles. The third kappa shape index (κ3) is 4.00. The molecule has 2 rings (SSSR count). The minimum atomic E-state index is -0.491. The third-order valence-corrected chi connectivity index (χ3v) is 2.89. The van der Waals surface area contributed by atoms with Gasteiger partial charge in [0.15, 0.2) is 0 Å². The Balaban J connectivity index is 1.94. The molecule has 2 aromatic rings. The number of pyridine rings is 1. The molecular formula is C14H14N4O3. The summed E-state index contributed by atoms with van der Waals surface area (Å²) >= 11 is 0. The number of nitrogens with one attached hydrogen (secondary N) is 2. The van der Waals surface area contributed by atoms with Gasteiger partial charge in [-0.25, -0.2) is 4.79 Å². The van der Waals surface area contributed by atoms with Gasteiger partial charge < -0.3 is 10.6 Å². The molecule has 0 bridgehead atoms. The number of urea groups is 1. The number of amides is 2. The van der Waals surface area contributed by atoms with Gasteiger partial charge in [0, 0.05) is 30.2 Å². The SMILES string of the molecule is CC(NC(=O)Nc1ccc([N+](=O)[O-])cc1)c1ccncc1. The van der Waals surface area contributed by atoms with Crippen LogP contribution in [-0.4, -0.2) is 15.9 Å². The summed E-state index contributed by atoms with van der Waals surface area (Å²) in [5.74, 6) is 0. The lowest BCUT2D eigenvalue weighted by atomic mass is 10.1. The highest BCUT2D eigenvalue weighted by atomic mass is 16.6. The van der Waals surface area contributed by atoms with Crippen molar-refractivity contribution < 1.29 is 9.72 Å². The van der Waals surface area contributed by atoms with Crippen LogP contribution < -0.4 is 10.6 Å². The molecule has 2 amide bonds. The lowest BCUT2D eigenvalue weighted by molar-refractivity contribution is -0.384. The number of benzene rings is 1. The predicted octanol–water partition coefficient (Wildman–Crippen LogP) is 2.87. The molecule has 0 aliphatic rings. The second-order valence-corrected chi connectivity index (χ2v) is 4.40. The number of nitro benzene ring substituents is 1. The summed E-state index contributed by atoms with van der Waals surface area (Å²) in [5, 5.41) is 15.9. The van der Waals surface area contributed by atoms with Crippen molar-refractivity contribution in [2.45, 2.75) is 13.0 Å². The molecule has 0 fully saturated rings. The molecule has 7 heteroatoms. The van der Waals surface area contributed by atoms with Crippen LogP contribution in [0.3, 0.4) is 0 Å². The fourth-order valence-electron chi connectivity index (χ4n) is 1.77. The van der Waals surface area contributed by atoms with Crippen LogP contribution >= 0.6 is 0 Å². The Morgan fingerprint density at radius 3 is 2.38 bits per heavy atom. The molecule has 0 spiro atoms. The number of anilines is 1. The van der Waals surface area contributed by atoms with Gasteiger partial charge in [0.1, 0.15) is 0 Å². The average molecular weight is 286 g/mol. The van der Waals surface area contributed by atoms with E-state index in [0.29, 0.717) is 5.69 Å². The van der Waals surface area contributed by atoms with Crippen LogP contribution in [0, 0.1) is 10.1 Å². The molecule has 0 saturated carbocycles. The Labute approximate surface area is 121 Å². The van der Waals surface area contributed by atoms with Crippen molar-refractivity contribution in [2.24, 2.45) is 0 Å². The molecule has 0 aliphatic heterocycles. The number of hydrogen-bond donors (Lipinski definition) is 2. The van der Waals surface area contributed by atoms with Crippen LogP contribution in [0.25, 0.3) is 0 Å². The molecular weight excluding hydrogens is 272 g/mol. The van der Waals surface area contributed by atoms with E-state index in [0.717, 1.165) is 5.56 Å². The molecule has 1 atom stereocenters. The number of carbonyl (C=O) groups excluding carboxylic acids is 1.